The van der Waals surface area contributed by atoms with Crippen LogP contribution in [0, 0.1) is 0 Å². The Hall–Kier alpha value is -4.49. The van der Waals surface area contributed by atoms with Gasteiger partial charge in [0.15, 0.2) is 4.80 Å². The Morgan fingerprint density at radius 2 is 1.69 bits per heavy atom. The molecule has 6 nitrogen and oxygen atoms in total. The van der Waals surface area contributed by atoms with Gasteiger partial charge >= 0.3 is 5.97 Å². The number of ether oxygens (including phenoxy) is 2. The second-order valence-electron chi connectivity index (χ2n) is 10.1. The Bertz CT molecular complexity index is 1750. The van der Waals surface area contributed by atoms with Gasteiger partial charge in [0, 0.05) is 0 Å². The summed E-state index contributed by atoms with van der Waals surface area (Å²) in [7, 11) is 0. The molecule has 1 atom stereocenters. The molecular weight excluding hydrogens is 544 g/mol. The first-order valence-corrected chi connectivity index (χ1v) is 15.0. The molecular formula is C35H34N2O4S. The molecule has 0 bridgehead atoms. The second-order valence-corrected chi connectivity index (χ2v) is 11.1. The molecule has 4 aromatic rings. The van der Waals surface area contributed by atoms with Crippen LogP contribution in [0.25, 0.3) is 12.2 Å². The summed E-state index contributed by atoms with van der Waals surface area (Å²) in [6.45, 7) is 4.73. The topological polar surface area (TPSA) is 69.9 Å². The van der Waals surface area contributed by atoms with Crippen molar-refractivity contribution in [3.8, 4) is 5.75 Å². The molecule has 0 fully saturated rings. The third kappa shape index (κ3) is 6.86. The number of thiazole rings is 1. The summed E-state index contributed by atoms with van der Waals surface area (Å²) in [5.74, 6) is 0.255. The number of carbonyl (C=O) groups is 1. The highest BCUT2D eigenvalue weighted by atomic mass is 32.1. The predicted molar refractivity (Wildman–Crippen MR) is 168 cm³/mol. The lowest BCUT2D eigenvalue weighted by Crippen LogP contribution is -2.39. The molecule has 1 unspecified atom stereocenters. The first-order valence-electron chi connectivity index (χ1n) is 14.2. The van der Waals surface area contributed by atoms with E-state index in [1.165, 1.54) is 11.3 Å². The van der Waals surface area contributed by atoms with Gasteiger partial charge in [-0.3, -0.25) is 9.36 Å². The maximum atomic E-state index is 13.8. The number of esters is 1. The molecule has 1 aromatic heterocycles. The molecule has 0 saturated heterocycles. The Morgan fingerprint density at radius 1 is 0.976 bits per heavy atom. The minimum absolute atomic E-state index is 0.127. The number of carbonyl (C=O) groups excluding carboxylic acids is 1. The van der Waals surface area contributed by atoms with Crippen molar-refractivity contribution in [2.24, 2.45) is 4.99 Å². The van der Waals surface area contributed by atoms with Crippen LogP contribution in [0.2, 0.25) is 0 Å². The predicted octanol–water partition coefficient (Wildman–Crippen LogP) is 6.21. The first kappa shape index (κ1) is 29.0. The lowest BCUT2D eigenvalue weighted by Gasteiger charge is -2.25. The van der Waals surface area contributed by atoms with E-state index in [2.05, 4.69) is 6.92 Å². The van der Waals surface area contributed by atoms with Crippen molar-refractivity contribution in [2.45, 2.75) is 45.8 Å². The van der Waals surface area contributed by atoms with Crippen LogP contribution in [-0.4, -0.2) is 17.1 Å². The fourth-order valence-electron chi connectivity index (χ4n) is 4.81. The molecule has 1 aliphatic heterocycles. The average molecular weight is 579 g/mol. The van der Waals surface area contributed by atoms with Gasteiger partial charge in [-0.1, -0.05) is 116 Å². The number of hydrogen-bond acceptors (Lipinski definition) is 6. The van der Waals surface area contributed by atoms with Crippen LogP contribution < -0.4 is 19.6 Å². The number of nitrogens with zero attached hydrogens (tertiary/aromatic N) is 2. The van der Waals surface area contributed by atoms with E-state index < -0.39 is 12.0 Å². The molecule has 0 amide bonds. The molecule has 214 valence electrons. The third-order valence-corrected chi connectivity index (χ3v) is 8.00. The SMILES string of the molecule is CCCCCOc1ccc(C2C(C(=O)OCc3ccccc3)=C(C)N=c3s/c(=C\C=C\c4ccccc4)c(=O)n32)cc1. The second kappa shape index (κ2) is 13.9. The standard InChI is InChI=1S/C35H34N2O4S/c1-3-4-11-23-40-29-21-19-28(20-22-29)32-31(34(39)41-24-27-15-9-6-10-16-27)25(2)36-35-37(32)33(38)30(42-35)18-12-17-26-13-7-5-8-14-26/h5-10,12-22,32H,3-4,11,23-24H2,1-2H3/b17-12+,30-18-. The molecule has 42 heavy (non-hydrogen) atoms. The van der Waals surface area contributed by atoms with Crippen LogP contribution in [0.4, 0.5) is 0 Å². The number of allylic oxidation sites excluding steroid dienone is 2. The van der Waals surface area contributed by atoms with Gasteiger partial charge in [-0.05, 0) is 48.2 Å². The zero-order chi connectivity index (χ0) is 29.3. The maximum absolute atomic E-state index is 13.8. The largest absolute Gasteiger partial charge is 0.494 e. The van der Waals surface area contributed by atoms with Gasteiger partial charge in [-0.25, -0.2) is 9.79 Å². The number of hydrogen-bond donors (Lipinski definition) is 0. The first-order chi connectivity index (χ1) is 20.5. The summed E-state index contributed by atoms with van der Waals surface area (Å²) in [5.41, 5.74) is 3.38. The average Bonchev–Trinajstić information content (AvgIpc) is 3.33. The number of unbranched alkanes of at least 4 members (excludes halogenated alkanes) is 2. The van der Waals surface area contributed by atoms with Crippen LogP contribution >= 0.6 is 11.3 Å². The monoisotopic (exact) mass is 578 g/mol. The summed E-state index contributed by atoms with van der Waals surface area (Å²) in [6.07, 6.45) is 8.85. The van der Waals surface area contributed by atoms with Crippen LogP contribution in [0.3, 0.4) is 0 Å². The van der Waals surface area contributed by atoms with Crippen molar-refractivity contribution in [3.63, 3.8) is 0 Å². The molecule has 5 rings (SSSR count). The highest BCUT2D eigenvalue weighted by Gasteiger charge is 2.33. The van der Waals surface area contributed by atoms with E-state index in [4.69, 9.17) is 14.5 Å². The summed E-state index contributed by atoms with van der Waals surface area (Å²) < 4.78 is 13.8. The maximum Gasteiger partial charge on any atom is 0.338 e. The van der Waals surface area contributed by atoms with E-state index in [9.17, 15) is 9.59 Å². The smallest absolute Gasteiger partial charge is 0.338 e. The van der Waals surface area contributed by atoms with Gasteiger partial charge in [-0.2, -0.15) is 0 Å². The van der Waals surface area contributed by atoms with Crippen molar-refractivity contribution in [2.75, 3.05) is 6.61 Å². The molecule has 2 heterocycles. The van der Waals surface area contributed by atoms with Gasteiger partial charge in [0.05, 0.1) is 28.5 Å². The fourth-order valence-corrected chi connectivity index (χ4v) is 5.81. The van der Waals surface area contributed by atoms with Gasteiger partial charge < -0.3 is 9.47 Å². The van der Waals surface area contributed by atoms with Gasteiger partial charge in [0.1, 0.15) is 12.4 Å². The lowest BCUT2D eigenvalue weighted by molar-refractivity contribution is -0.140. The zero-order valence-corrected chi connectivity index (χ0v) is 24.7. The van der Waals surface area contributed by atoms with Crippen LogP contribution in [0.15, 0.2) is 112 Å². The molecule has 1 aliphatic rings. The highest BCUT2D eigenvalue weighted by Crippen LogP contribution is 2.32. The van der Waals surface area contributed by atoms with E-state index in [0.29, 0.717) is 27.2 Å². The number of rotatable bonds is 11. The van der Waals surface area contributed by atoms with Crippen molar-refractivity contribution in [3.05, 3.63) is 139 Å². The van der Waals surface area contributed by atoms with Crippen LogP contribution in [-0.2, 0) is 16.1 Å². The molecule has 0 spiro atoms. The van der Waals surface area contributed by atoms with Crippen molar-refractivity contribution in [1.82, 2.24) is 4.57 Å². The van der Waals surface area contributed by atoms with Crippen LogP contribution in [0.1, 0.15) is 55.8 Å². The lowest BCUT2D eigenvalue weighted by atomic mass is 9.96. The number of aromatic nitrogens is 1. The summed E-state index contributed by atoms with van der Waals surface area (Å²) in [5, 5.41) is 0. The van der Waals surface area contributed by atoms with Crippen molar-refractivity contribution < 1.29 is 14.3 Å². The quantitative estimate of drug-likeness (QED) is 0.157. The number of benzene rings is 3. The third-order valence-electron chi connectivity index (χ3n) is 7.00. The van der Waals surface area contributed by atoms with Gasteiger partial charge in [0.25, 0.3) is 5.56 Å². The Kier molecular flexibility index (Phi) is 9.62. The van der Waals surface area contributed by atoms with Gasteiger partial charge in [-0.15, -0.1) is 0 Å². The molecule has 0 aliphatic carbocycles. The molecule has 0 radical (unpaired) electrons. The Morgan fingerprint density at radius 3 is 2.40 bits per heavy atom. The Balaban J connectivity index is 1.50. The molecule has 3 aromatic carbocycles. The van der Waals surface area contributed by atoms with E-state index in [1.54, 1.807) is 17.6 Å². The highest BCUT2D eigenvalue weighted by molar-refractivity contribution is 7.07. The minimum Gasteiger partial charge on any atom is -0.494 e. The molecule has 7 heteroatoms. The van der Waals surface area contributed by atoms with E-state index in [0.717, 1.165) is 41.7 Å². The van der Waals surface area contributed by atoms with Gasteiger partial charge in [0.2, 0.25) is 0 Å². The number of fused-ring (bicyclic) bond motifs is 1. The van der Waals surface area contributed by atoms with Crippen molar-refractivity contribution >= 4 is 29.5 Å². The summed E-state index contributed by atoms with van der Waals surface area (Å²) >= 11 is 1.31. The van der Waals surface area contributed by atoms with Crippen molar-refractivity contribution in [1.29, 1.82) is 0 Å². The summed E-state index contributed by atoms with van der Waals surface area (Å²) in [4.78, 5) is 32.6. The fraction of sp³-hybridized carbons (Fsp3) is 0.229. The van der Waals surface area contributed by atoms with E-state index in [1.807, 2.05) is 97.1 Å². The Labute approximate surface area is 249 Å². The zero-order valence-electron chi connectivity index (χ0n) is 23.9. The van der Waals surface area contributed by atoms with E-state index >= 15 is 0 Å². The minimum atomic E-state index is -0.682. The normalized spacial score (nSPS) is 15.0. The molecule has 0 saturated carbocycles. The molecule has 0 N–H and O–H groups in total. The van der Waals surface area contributed by atoms with E-state index in [-0.39, 0.29) is 12.2 Å². The van der Waals surface area contributed by atoms with Crippen LogP contribution in [0.5, 0.6) is 5.75 Å². The summed E-state index contributed by atoms with van der Waals surface area (Å²) in [6, 6.07) is 26.4.